The van der Waals surface area contributed by atoms with E-state index in [-0.39, 0.29) is 0 Å². The number of carboxylic acid groups (broad SMARTS) is 1. The zero-order valence-corrected chi connectivity index (χ0v) is 12.1. The molecule has 0 aliphatic carbocycles. The molecule has 3 rings (SSSR count). The van der Waals surface area contributed by atoms with Gasteiger partial charge in [-0.25, -0.2) is 4.79 Å². The Morgan fingerprint density at radius 1 is 1.24 bits per heavy atom. The van der Waals surface area contributed by atoms with Gasteiger partial charge in [0.05, 0.1) is 16.8 Å². The summed E-state index contributed by atoms with van der Waals surface area (Å²) >= 11 is 0. The van der Waals surface area contributed by atoms with E-state index in [1.54, 1.807) is 6.07 Å². The van der Waals surface area contributed by atoms with Crippen LogP contribution in [-0.2, 0) is 6.54 Å². The number of carboxylic acids is 1. The highest BCUT2D eigenvalue weighted by Crippen LogP contribution is 2.19. The van der Waals surface area contributed by atoms with Crippen molar-refractivity contribution in [3.8, 4) is 0 Å². The van der Waals surface area contributed by atoms with Crippen LogP contribution in [0, 0.1) is 0 Å². The summed E-state index contributed by atoms with van der Waals surface area (Å²) < 4.78 is 0. The first-order valence-electron chi connectivity index (χ1n) is 7.16. The monoisotopic (exact) mass is 285 g/mol. The van der Waals surface area contributed by atoms with Crippen LogP contribution in [-0.4, -0.2) is 59.1 Å². The van der Waals surface area contributed by atoms with Crippen LogP contribution in [0.5, 0.6) is 0 Å². The lowest BCUT2D eigenvalue weighted by Crippen LogP contribution is -2.44. The number of hydrogen-bond donors (Lipinski definition) is 1. The van der Waals surface area contributed by atoms with E-state index in [4.69, 9.17) is 0 Å². The largest absolute Gasteiger partial charge is 0.478 e. The summed E-state index contributed by atoms with van der Waals surface area (Å²) in [5.74, 6) is -0.895. The van der Waals surface area contributed by atoms with Crippen LogP contribution in [0.2, 0.25) is 0 Å². The second-order valence-electron chi connectivity index (χ2n) is 5.56. The van der Waals surface area contributed by atoms with Crippen LogP contribution < -0.4 is 0 Å². The van der Waals surface area contributed by atoms with Crippen molar-refractivity contribution in [3.05, 3.63) is 41.6 Å². The molecule has 0 spiro atoms. The number of pyridine rings is 1. The Morgan fingerprint density at radius 2 is 1.95 bits per heavy atom. The van der Waals surface area contributed by atoms with E-state index in [1.807, 2.05) is 24.3 Å². The van der Waals surface area contributed by atoms with Crippen molar-refractivity contribution >= 4 is 16.9 Å². The number of aromatic nitrogens is 1. The molecule has 0 saturated carbocycles. The van der Waals surface area contributed by atoms with E-state index in [2.05, 4.69) is 21.8 Å². The molecular weight excluding hydrogens is 266 g/mol. The zero-order valence-electron chi connectivity index (χ0n) is 12.1. The summed E-state index contributed by atoms with van der Waals surface area (Å²) in [6, 6.07) is 9.13. The zero-order chi connectivity index (χ0) is 14.8. The highest BCUT2D eigenvalue weighted by molar-refractivity contribution is 6.02. The molecule has 1 saturated heterocycles. The predicted molar refractivity (Wildman–Crippen MR) is 81.5 cm³/mol. The van der Waals surface area contributed by atoms with Gasteiger partial charge in [0.2, 0.25) is 0 Å². The number of carbonyl (C=O) groups is 1. The van der Waals surface area contributed by atoms with Crippen molar-refractivity contribution in [2.45, 2.75) is 6.54 Å². The number of rotatable bonds is 3. The molecule has 1 N–H and O–H groups in total. The van der Waals surface area contributed by atoms with Crippen molar-refractivity contribution in [1.29, 1.82) is 0 Å². The molecule has 1 aromatic heterocycles. The molecule has 0 radical (unpaired) electrons. The van der Waals surface area contributed by atoms with Gasteiger partial charge in [-0.1, -0.05) is 18.2 Å². The average Bonchev–Trinajstić information content (AvgIpc) is 2.48. The Morgan fingerprint density at radius 3 is 2.67 bits per heavy atom. The van der Waals surface area contributed by atoms with Gasteiger partial charge in [0.15, 0.2) is 0 Å². The molecule has 1 aromatic carbocycles. The van der Waals surface area contributed by atoms with E-state index in [9.17, 15) is 9.90 Å². The molecule has 1 fully saturated rings. The molecule has 5 nitrogen and oxygen atoms in total. The van der Waals surface area contributed by atoms with Crippen molar-refractivity contribution in [1.82, 2.24) is 14.8 Å². The van der Waals surface area contributed by atoms with Gasteiger partial charge < -0.3 is 10.0 Å². The standard InChI is InChI=1S/C16H19N3O2/c1-18-6-8-19(9-7-18)11-12-10-14(16(20)21)13-4-2-3-5-15(13)17-12/h2-5,10H,6-9,11H2,1H3,(H,20,21). The molecule has 1 aliphatic rings. The molecule has 21 heavy (non-hydrogen) atoms. The van der Waals surface area contributed by atoms with Crippen LogP contribution in [0.1, 0.15) is 16.1 Å². The number of para-hydroxylation sites is 1. The Bertz CT molecular complexity index is 664. The van der Waals surface area contributed by atoms with Gasteiger partial charge >= 0.3 is 5.97 Å². The predicted octanol–water partition coefficient (Wildman–Crippen LogP) is 1.68. The topological polar surface area (TPSA) is 56.7 Å². The molecule has 0 bridgehead atoms. The lowest BCUT2D eigenvalue weighted by Gasteiger charge is -2.32. The molecule has 0 unspecified atom stereocenters. The van der Waals surface area contributed by atoms with E-state index >= 15 is 0 Å². The van der Waals surface area contributed by atoms with E-state index in [0.29, 0.717) is 17.5 Å². The minimum Gasteiger partial charge on any atom is -0.478 e. The number of piperazine rings is 1. The second-order valence-corrected chi connectivity index (χ2v) is 5.56. The molecule has 5 heteroatoms. The summed E-state index contributed by atoms with van der Waals surface area (Å²) in [7, 11) is 2.12. The van der Waals surface area contributed by atoms with E-state index in [0.717, 1.165) is 37.4 Å². The number of likely N-dealkylation sites (N-methyl/N-ethyl adjacent to an activating group) is 1. The third-order valence-electron chi connectivity index (χ3n) is 3.98. The van der Waals surface area contributed by atoms with Gasteiger partial charge in [-0.15, -0.1) is 0 Å². The Hall–Kier alpha value is -1.98. The Kier molecular flexibility index (Phi) is 3.86. The quantitative estimate of drug-likeness (QED) is 0.930. The molecule has 110 valence electrons. The highest BCUT2D eigenvalue weighted by atomic mass is 16.4. The number of aromatic carboxylic acids is 1. The molecule has 1 aliphatic heterocycles. The SMILES string of the molecule is CN1CCN(Cc2cc(C(=O)O)c3ccccc3n2)CC1. The third kappa shape index (κ3) is 3.04. The fourth-order valence-electron chi connectivity index (χ4n) is 2.72. The van der Waals surface area contributed by atoms with Crippen LogP contribution in [0.4, 0.5) is 0 Å². The molecule has 2 heterocycles. The second kappa shape index (κ2) is 5.79. The van der Waals surface area contributed by atoms with Crippen molar-refractivity contribution in [2.24, 2.45) is 0 Å². The van der Waals surface area contributed by atoms with Crippen LogP contribution in [0.15, 0.2) is 30.3 Å². The minimum absolute atomic E-state index is 0.338. The van der Waals surface area contributed by atoms with Crippen LogP contribution >= 0.6 is 0 Å². The maximum Gasteiger partial charge on any atom is 0.336 e. The van der Waals surface area contributed by atoms with Gasteiger partial charge in [0.25, 0.3) is 0 Å². The van der Waals surface area contributed by atoms with Crippen molar-refractivity contribution < 1.29 is 9.90 Å². The van der Waals surface area contributed by atoms with Crippen LogP contribution in [0.3, 0.4) is 0 Å². The Balaban J connectivity index is 1.90. The van der Waals surface area contributed by atoms with Gasteiger partial charge in [-0.3, -0.25) is 9.88 Å². The lowest BCUT2D eigenvalue weighted by molar-refractivity contribution is 0.0698. The third-order valence-corrected chi connectivity index (χ3v) is 3.98. The fraction of sp³-hybridized carbons (Fsp3) is 0.375. The number of fused-ring (bicyclic) bond motifs is 1. The first kappa shape index (κ1) is 14.0. The van der Waals surface area contributed by atoms with Gasteiger partial charge in [0.1, 0.15) is 0 Å². The first-order valence-corrected chi connectivity index (χ1v) is 7.16. The Labute approximate surface area is 123 Å². The lowest BCUT2D eigenvalue weighted by atomic mass is 10.1. The van der Waals surface area contributed by atoms with E-state index < -0.39 is 5.97 Å². The number of nitrogens with zero attached hydrogens (tertiary/aromatic N) is 3. The maximum absolute atomic E-state index is 11.5. The maximum atomic E-state index is 11.5. The fourth-order valence-corrected chi connectivity index (χ4v) is 2.72. The smallest absolute Gasteiger partial charge is 0.336 e. The van der Waals surface area contributed by atoms with Gasteiger partial charge in [-0.2, -0.15) is 0 Å². The number of benzene rings is 1. The summed E-state index contributed by atoms with van der Waals surface area (Å²) in [5, 5.41) is 10.1. The first-order chi connectivity index (χ1) is 10.1. The molecule has 2 aromatic rings. The van der Waals surface area contributed by atoms with Crippen LogP contribution in [0.25, 0.3) is 10.9 Å². The summed E-state index contributed by atoms with van der Waals surface area (Å²) in [6.07, 6.45) is 0. The molecule has 0 amide bonds. The minimum atomic E-state index is -0.895. The normalized spacial score (nSPS) is 17.2. The summed E-state index contributed by atoms with van der Waals surface area (Å²) in [5.41, 5.74) is 1.92. The average molecular weight is 285 g/mol. The van der Waals surface area contributed by atoms with Crippen molar-refractivity contribution in [3.63, 3.8) is 0 Å². The number of hydrogen-bond acceptors (Lipinski definition) is 4. The molecule has 0 atom stereocenters. The summed E-state index contributed by atoms with van der Waals surface area (Å²) in [6.45, 7) is 4.78. The van der Waals surface area contributed by atoms with Gasteiger partial charge in [-0.05, 0) is 19.2 Å². The summed E-state index contributed by atoms with van der Waals surface area (Å²) in [4.78, 5) is 20.7. The van der Waals surface area contributed by atoms with Crippen molar-refractivity contribution in [2.75, 3.05) is 33.2 Å². The van der Waals surface area contributed by atoms with E-state index in [1.165, 1.54) is 0 Å². The molecular formula is C16H19N3O2. The van der Waals surface area contributed by atoms with Gasteiger partial charge in [0, 0.05) is 38.1 Å². The highest BCUT2D eigenvalue weighted by Gasteiger charge is 2.17.